The monoisotopic (exact) mass is 342 g/mol. The number of carbonyl (C=O) groups is 2. The number of carbonyl (C=O) groups excluding carboxylic acids is 2. The van der Waals surface area contributed by atoms with Crippen molar-refractivity contribution in [1.29, 1.82) is 0 Å². The van der Waals surface area contributed by atoms with Gasteiger partial charge in [-0.3, -0.25) is 9.59 Å². The van der Waals surface area contributed by atoms with E-state index < -0.39 is 0 Å². The van der Waals surface area contributed by atoms with Crippen LogP contribution in [0.4, 0.5) is 5.69 Å². The molecule has 2 amide bonds. The summed E-state index contributed by atoms with van der Waals surface area (Å²) in [6.07, 6.45) is 8.31. The second-order valence-corrected chi connectivity index (χ2v) is 7.54. The van der Waals surface area contributed by atoms with E-state index in [4.69, 9.17) is 0 Å². The maximum Gasteiger partial charge on any atom is 0.227 e. The van der Waals surface area contributed by atoms with E-state index in [0.717, 1.165) is 30.5 Å². The molecule has 4 heteroatoms. The van der Waals surface area contributed by atoms with Gasteiger partial charge in [-0.05, 0) is 37.3 Å². The van der Waals surface area contributed by atoms with Gasteiger partial charge in [-0.25, -0.2) is 0 Å². The van der Waals surface area contributed by atoms with Gasteiger partial charge in [-0.1, -0.05) is 50.8 Å². The summed E-state index contributed by atoms with van der Waals surface area (Å²) in [4.78, 5) is 27.1. The molecule has 136 valence electrons. The van der Waals surface area contributed by atoms with Gasteiger partial charge in [0.2, 0.25) is 11.8 Å². The average Bonchev–Trinajstić information content (AvgIpc) is 2.81. The highest BCUT2D eigenvalue weighted by atomic mass is 16.2. The highest BCUT2D eigenvalue weighted by Crippen LogP contribution is 2.32. The van der Waals surface area contributed by atoms with Gasteiger partial charge in [0, 0.05) is 24.7 Å². The van der Waals surface area contributed by atoms with Gasteiger partial charge in [-0.2, -0.15) is 0 Å². The van der Waals surface area contributed by atoms with E-state index in [0.29, 0.717) is 19.0 Å². The number of hydrogen-bond acceptors (Lipinski definition) is 2. The number of amides is 2. The van der Waals surface area contributed by atoms with Crippen molar-refractivity contribution in [2.45, 2.75) is 71.3 Å². The molecule has 0 radical (unpaired) electrons. The van der Waals surface area contributed by atoms with Crippen LogP contribution in [0, 0.1) is 12.8 Å². The van der Waals surface area contributed by atoms with Crippen molar-refractivity contribution in [3.05, 3.63) is 29.3 Å². The Morgan fingerprint density at radius 1 is 1.20 bits per heavy atom. The predicted molar refractivity (Wildman–Crippen MR) is 101 cm³/mol. The van der Waals surface area contributed by atoms with Gasteiger partial charge in [0.05, 0.1) is 5.92 Å². The Labute approximate surface area is 151 Å². The van der Waals surface area contributed by atoms with Crippen molar-refractivity contribution in [3.8, 4) is 0 Å². The van der Waals surface area contributed by atoms with Crippen LogP contribution in [0.5, 0.6) is 0 Å². The first-order chi connectivity index (χ1) is 12.1. The Kier molecular flexibility index (Phi) is 5.77. The second kappa shape index (κ2) is 8.03. The van der Waals surface area contributed by atoms with E-state index in [9.17, 15) is 9.59 Å². The molecular weight excluding hydrogens is 312 g/mol. The first-order valence-electron chi connectivity index (χ1n) is 9.79. The van der Waals surface area contributed by atoms with E-state index in [-0.39, 0.29) is 17.7 Å². The molecule has 1 saturated carbocycles. The van der Waals surface area contributed by atoms with Crippen LogP contribution in [0.3, 0.4) is 0 Å². The van der Waals surface area contributed by atoms with Crippen molar-refractivity contribution in [2.24, 2.45) is 5.92 Å². The van der Waals surface area contributed by atoms with Crippen molar-refractivity contribution in [1.82, 2.24) is 5.32 Å². The third-order valence-corrected chi connectivity index (χ3v) is 5.67. The quantitative estimate of drug-likeness (QED) is 0.847. The smallest absolute Gasteiger partial charge is 0.227 e. The lowest BCUT2D eigenvalue weighted by Crippen LogP contribution is -2.39. The number of benzene rings is 1. The fourth-order valence-corrected chi connectivity index (χ4v) is 4.23. The topological polar surface area (TPSA) is 49.4 Å². The van der Waals surface area contributed by atoms with Gasteiger partial charge in [0.15, 0.2) is 0 Å². The molecule has 1 N–H and O–H groups in total. The lowest BCUT2D eigenvalue weighted by molar-refractivity contribution is -0.127. The summed E-state index contributed by atoms with van der Waals surface area (Å²) in [6, 6.07) is 6.45. The first-order valence-corrected chi connectivity index (χ1v) is 9.79. The largest absolute Gasteiger partial charge is 0.353 e. The minimum absolute atomic E-state index is 0.0642. The Morgan fingerprint density at radius 3 is 2.60 bits per heavy atom. The normalized spacial score (nSPS) is 22.1. The Bertz CT molecular complexity index is 633. The summed E-state index contributed by atoms with van der Waals surface area (Å²) >= 11 is 0. The molecule has 2 aliphatic rings. The summed E-state index contributed by atoms with van der Waals surface area (Å²) in [5.41, 5.74) is 3.30. The lowest BCUT2D eigenvalue weighted by Gasteiger charge is -2.23. The zero-order chi connectivity index (χ0) is 17.8. The number of nitrogens with one attached hydrogen (secondary N) is 1. The third-order valence-electron chi connectivity index (χ3n) is 5.67. The van der Waals surface area contributed by atoms with Crippen LogP contribution in [0.2, 0.25) is 0 Å². The number of hydrogen-bond donors (Lipinski definition) is 1. The number of aryl methyl sites for hydroxylation is 2. The summed E-state index contributed by atoms with van der Waals surface area (Å²) in [5, 5.41) is 3.22. The summed E-state index contributed by atoms with van der Waals surface area (Å²) in [5.74, 6) is -0.0838. The van der Waals surface area contributed by atoms with Crippen LogP contribution in [-0.2, 0) is 16.0 Å². The molecule has 2 fully saturated rings. The van der Waals surface area contributed by atoms with Crippen LogP contribution in [0.15, 0.2) is 18.2 Å². The maximum atomic E-state index is 12.7. The Balaban J connectivity index is 1.69. The molecule has 4 nitrogen and oxygen atoms in total. The van der Waals surface area contributed by atoms with Crippen LogP contribution in [0.1, 0.15) is 63.0 Å². The van der Waals surface area contributed by atoms with Gasteiger partial charge >= 0.3 is 0 Å². The first kappa shape index (κ1) is 18.0. The molecule has 1 aliphatic carbocycles. The zero-order valence-electron chi connectivity index (χ0n) is 15.5. The number of anilines is 1. The molecule has 0 bridgehead atoms. The van der Waals surface area contributed by atoms with Gasteiger partial charge in [-0.15, -0.1) is 0 Å². The molecule has 1 aromatic rings. The molecule has 1 aliphatic heterocycles. The summed E-state index contributed by atoms with van der Waals surface area (Å²) < 4.78 is 0. The highest BCUT2D eigenvalue weighted by Gasteiger charge is 2.37. The van der Waals surface area contributed by atoms with Crippen LogP contribution in [0.25, 0.3) is 0 Å². The number of para-hydroxylation sites is 1. The van der Waals surface area contributed by atoms with Crippen LogP contribution in [-0.4, -0.2) is 24.4 Å². The van der Waals surface area contributed by atoms with E-state index in [1.165, 1.54) is 31.2 Å². The Morgan fingerprint density at radius 2 is 1.92 bits per heavy atom. The van der Waals surface area contributed by atoms with Crippen LogP contribution >= 0.6 is 0 Å². The fraction of sp³-hybridized carbons (Fsp3) is 0.619. The maximum absolute atomic E-state index is 12.7. The van der Waals surface area contributed by atoms with E-state index >= 15 is 0 Å². The van der Waals surface area contributed by atoms with Gasteiger partial charge in [0.1, 0.15) is 0 Å². The second-order valence-electron chi connectivity index (χ2n) is 7.54. The zero-order valence-corrected chi connectivity index (χ0v) is 15.5. The summed E-state index contributed by atoms with van der Waals surface area (Å²) in [6.45, 7) is 4.66. The van der Waals surface area contributed by atoms with E-state index in [1.807, 2.05) is 24.0 Å². The molecule has 0 aromatic heterocycles. The predicted octanol–water partition coefficient (Wildman–Crippen LogP) is 3.75. The third kappa shape index (κ3) is 4.05. The number of nitrogens with zero attached hydrogens (tertiary/aromatic N) is 1. The highest BCUT2D eigenvalue weighted by molar-refractivity contribution is 6.01. The van der Waals surface area contributed by atoms with Crippen molar-refractivity contribution in [3.63, 3.8) is 0 Å². The van der Waals surface area contributed by atoms with Crippen molar-refractivity contribution < 1.29 is 9.59 Å². The minimum atomic E-state index is -0.222. The molecular formula is C21H30N2O2. The molecule has 1 heterocycles. The lowest BCUT2D eigenvalue weighted by atomic mass is 10.0. The summed E-state index contributed by atoms with van der Waals surface area (Å²) in [7, 11) is 0. The van der Waals surface area contributed by atoms with Gasteiger partial charge < -0.3 is 10.2 Å². The molecule has 1 atom stereocenters. The van der Waals surface area contributed by atoms with Crippen LogP contribution < -0.4 is 10.2 Å². The average molecular weight is 342 g/mol. The van der Waals surface area contributed by atoms with Crippen molar-refractivity contribution >= 4 is 17.5 Å². The molecule has 1 aromatic carbocycles. The van der Waals surface area contributed by atoms with Crippen molar-refractivity contribution in [2.75, 3.05) is 11.4 Å². The molecule has 0 spiro atoms. The molecule has 1 unspecified atom stereocenters. The standard InChI is InChI=1S/C21H30N2O2/c1-3-16-10-8-9-15(2)20(16)23-14-17(13-19(23)24)21(25)22-18-11-6-4-5-7-12-18/h8-10,17-18H,3-7,11-14H2,1-2H3,(H,22,25). The fourth-order valence-electron chi connectivity index (χ4n) is 4.23. The SMILES string of the molecule is CCc1cccc(C)c1N1CC(C(=O)NC2CCCCCC2)CC1=O. The molecule has 25 heavy (non-hydrogen) atoms. The van der Waals surface area contributed by atoms with E-state index in [2.05, 4.69) is 18.3 Å². The van der Waals surface area contributed by atoms with Gasteiger partial charge in [0.25, 0.3) is 0 Å². The van der Waals surface area contributed by atoms with E-state index in [1.54, 1.807) is 0 Å². The molecule has 3 rings (SSSR count). The molecule has 1 saturated heterocycles. The minimum Gasteiger partial charge on any atom is -0.353 e. The Hall–Kier alpha value is -1.84. The number of rotatable bonds is 4.